The molecule has 4 atom stereocenters. The van der Waals surface area contributed by atoms with E-state index < -0.39 is 41.0 Å². The highest BCUT2D eigenvalue weighted by Crippen LogP contribution is 2.42. The molecule has 71 heavy (non-hydrogen) atoms. The molecule has 4 N–H and O–H groups in total. The van der Waals surface area contributed by atoms with Crippen molar-refractivity contribution < 1.29 is 28.4 Å². The van der Waals surface area contributed by atoms with Crippen LogP contribution in [0.1, 0.15) is 70.4 Å². The first kappa shape index (κ1) is 44.4. The maximum absolute atomic E-state index is 14.0. The number of hydrogen-bond acceptors (Lipinski definition) is 14. The van der Waals surface area contributed by atoms with Gasteiger partial charge in [0.15, 0.2) is 17.2 Å². The number of hydrogen-bond donors (Lipinski definition) is 4. The number of nitrogens with one attached hydrogen (secondary N) is 4. The van der Waals surface area contributed by atoms with Gasteiger partial charge in [0.1, 0.15) is 23.7 Å². The van der Waals surface area contributed by atoms with Crippen molar-refractivity contribution in [2.24, 2.45) is 12.5 Å². The van der Waals surface area contributed by atoms with Crippen molar-refractivity contribution in [2.45, 2.75) is 50.4 Å². The average Bonchev–Trinajstić information content (AvgIpc) is 3.73. The van der Waals surface area contributed by atoms with Crippen molar-refractivity contribution in [1.82, 2.24) is 58.8 Å². The second-order valence-corrected chi connectivity index (χ2v) is 17.9. The molecule has 3 saturated heterocycles. The number of carbonyl (C=O) groups excluding carboxylic acids is 5. The number of aryl methyl sites for hydroxylation is 1. The van der Waals surface area contributed by atoms with E-state index >= 15 is 0 Å². The Balaban J connectivity index is 0.732. The Morgan fingerprint density at radius 3 is 2.45 bits per heavy atom. The van der Waals surface area contributed by atoms with Gasteiger partial charge in [-0.15, -0.1) is 5.10 Å². The number of imidazole rings is 2. The predicted molar refractivity (Wildman–Crippen MR) is 253 cm³/mol. The standard InChI is InChI=1S/C48H42FN15O7/c1-50-32-20-38(58-64-36(24-54-41(32)64)43(67)56-31-19-29(31)49)55-30-4-3-15-62(45(30)69)39-11-7-27(21-53-39)44(68)60-16-13-48(25-60)14-17-61(46(48)70)28-22-51-37(52-23-28)10-6-26-5-8-33-35(18-26)59(2)47(71)63(33)34-9-12-40(65)57-42(34)66/h3-5,7-8,11,15,18,20-24,29,31,34,50H,9,12-14,16-17,19,25H2,1-2H3,(H,55,58)(H,56,67)(H,57,65,66)/t29-,31+,34?,48?/m0/s1. The van der Waals surface area contributed by atoms with E-state index in [-0.39, 0.29) is 83.6 Å². The molecule has 2 unspecified atom stereocenters. The van der Waals surface area contributed by atoms with Gasteiger partial charge in [0.2, 0.25) is 23.5 Å². The summed E-state index contributed by atoms with van der Waals surface area (Å²) in [7, 11) is 3.28. The quantitative estimate of drug-likeness (QED) is 0.119. The van der Waals surface area contributed by atoms with E-state index in [1.165, 1.54) is 49.2 Å². The summed E-state index contributed by atoms with van der Waals surface area (Å²) in [6.07, 6.45) is 7.89. The largest absolute Gasteiger partial charge is 0.385 e. The van der Waals surface area contributed by atoms with Gasteiger partial charge < -0.3 is 25.8 Å². The van der Waals surface area contributed by atoms with E-state index in [0.717, 1.165) is 0 Å². The molecule has 0 bridgehead atoms. The van der Waals surface area contributed by atoms with Crippen molar-refractivity contribution >= 4 is 69.1 Å². The smallest absolute Gasteiger partial charge is 0.329 e. The molecule has 4 fully saturated rings. The monoisotopic (exact) mass is 959 g/mol. The zero-order chi connectivity index (χ0) is 49.3. The number of benzene rings is 1. The van der Waals surface area contributed by atoms with Crippen molar-refractivity contribution in [3.8, 4) is 17.7 Å². The first-order valence-electron chi connectivity index (χ1n) is 22.8. The van der Waals surface area contributed by atoms with E-state index in [9.17, 15) is 38.0 Å². The topological polar surface area (TPSA) is 258 Å². The van der Waals surface area contributed by atoms with Crippen LogP contribution in [-0.2, 0) is 21.4 Å². The van der Waals surface area contributed by atoms with Crippen molar-refractivity contribution in [2.75, 3.05) is 42.2 Å². The normalized spacial score (nSPS) is 20.6. The van der Waals surface area contributed by atoms with Crippen molar-refractivity contribution in [1.29, 1.82) is 0 Å². The molecule has 5 amide bonds. The highest BCUT2D eigenvalue weighted by molar-refractivity contribution is 6.02. The lowest BCUT2D eigenvalue weighted by Crippen LogP contribution is -2.44. The molecule has 1 aliphatic carbocycles. The van der Waals surface area contributed by atoms with Gasteiger partial charge >= 0.3 is 5.69 Å². The van der Waals surface area contributed by atoms with Crippen LogP contribution < -0.4 is 37.4 Å². The molecule has 7 aromatic rings. The average molecular weight is 960 g/mol. The van der Waals surface area contributed by atoms with E-state index in [2.05, 4.69) is 58.1 Å². The van der Waals surface area contributed by atoms with Gasteiger partial charge in [-0.05, 0) is 67.6 Å². The van der Waals surface area contributed by atoms with Crippen LogP contribution in [0.5, 0.6) is 0 Å². The number of aromatic nitrogens is 9. The third kappa shape index (κ3) is 7.87. The zero-order valence-electron chi connectivity index (χ0n) is 38.0. The molecule has 9 heterocycles. The summed E-state index contributed by atoms with van der Waals surface area (Å²) in [5.74, 6) is 4.81. The summed E-state index contributed by atoms with van der Waals surface area (Å²) in [4.78, 5) is 113. The maximum atomic E-state index is 14.0. The molecule has 3 aliphatic heterocycles. The summed E-state index contributed by atoms with van der Waals surface area (Å²) in [6, 6.07) is 11.8. The zero-order valence-corrected chi connectivity index (χ0v) is 38.0. The van der Waals surface area contributed by atoms with E-state index in [4.69, 9.17) is 0 Å². The minimum atomic E-state index is -1.09. The Bertz CT molecular complexity index is 3590. The van der Waals surface area contributed by atoms with Gasteiger partial charge in [0.05, 0.1) is 58.0 Å². The second kappa shape index (κ2) is 17.2. The van der Waals surface area contributed by atoms with Crippen LogP contribution in [0.25, 0.3) is 22.5 Å². The van der Waals surface area contributed by atoms with Gasteiger partial charge in [-0.1, -0.05) is 5.92 Å². The first-order valence-corrected chi connectivity index (χ1v) is 22.8. The van der Waals surface area contributed by atoms with Crippen molar-refractivity contribution in [3.63, 3.8) is 0 Å². The first-order chi connectivity index (χ1) is 34.3. The van der Waals surface area contributed by atoms with Gasteiger partial charge in [-0.25, -0.2) is 33.6 Å². The van der Waals surface area contributed by atoms with Crippen LogP contribution >= 0.6 is 0 Å². The number of likely N-dealkylation sites (tertiary alicyclic amines) is 1. The van der Waals surface area contributed by atoms with Crippen LogP contribution in [0.4, 0.5) is 27.3 Å². The number of fused-ring (bicyclic) bond motifs is 2. The summed E-state index contributed by atoms with van der Waals surface area (Å²) in [5, 5.41) is 15.5. The molecule has 1 saturated carbocycles. The van der Waals surface area contributed by atoms with Gasteiger partial charge in [-0.3, -0.25) is 47.8 Å². The van der Waals surface area contributed by atoms with Crippen LogP contribution in [0.15, 0.2) is 89.1 Å². The number of alkyl halides is 1. The van der Waals surface area contributed by atoms with E-state index in [1.807, 2.05) is 0 Å². The molecule has 1 aromatic carbocycles. The van der Waals surface area contributed by atoms with Crippen LogP contribution in [0, 0.1) is 17.3 Å². The SMILES string of the molecule is CNc1cc(Nc2cccn(-c3ccc(C(=O)N4CCC5(CCN(c6cnc(C#Cc7ccc8c(c7)n(C)c(=O)n8C7CCC(=O)NC7=O)nc6)C5=O)C4)cn3)c2=O)nn2c(C(=O)N[C@@H]3C[C@@H]3F)cnc12. The Hall–Kier alpha value is -9.07. The number of piperidine rings is 1. The molecular weight excluding hydrogens is 918 g/mol. The minimum absolute atomic E-state index is 0.0965. The molecule has 22 nitrogen and oxygen atoms in total. The lowest BCUT2D eigenvalue weighted by Gasteiger charge is -2.23. The Morgan fingerprint density at radius 2 is 1.70 bits per heavy atom. The number of nitrogens with zero attached hydrogens (tertiary/aromatic N) is 11. The van der Waals surface area contributed by atoms with Crippen LogP contribution in [0.2, 0.25) is 0 Å². The Kier molecular flexibility index (Phi) is 10.7. The minimum Gasteiger partial charge on any atom is -0.385 e. The van der Waals surface area contributed by atoms with Gasteiger partial charge in [-0.2, -0.15) is 0 Å². The van der Waals surface area contributed by atoms with Crippen LogP contribution in [0.3, 0.4) is 0 Å². The predicted octanol–water partition coefficient (Wildman–Crippen LogP) is 1.99. The number of pyridine rings is 2. The van der Waals surface area contributed by atoms with E-state index in [1.54, 1.807) is 72.4 Å². The Morgan fingerprint density at radius 1 is 0.901 bits per heavy atom. The molecule has 6 aromatic heterocycles. The Labute approximate surface area is 400 Å². The fraction of sp³-hybridized carbons (Fsp3) is 0.292. The summed E-state index contributed by atoms with van der Waals surface area (Å²) in [6.45, 7) is 0.988. The fourth-order valence-electron chi connectivity index (χ4n) is 9.48. The fourth-order valence-corrected chi connectivity index (χ4v) is 9.48. The van der Waals surface area contributed by atoms with Crippen LogP contribution in [-0.4, -0.2) is 117 Å². The number of halogens is 1. The van der Waals surface area contributed by atoms with Gasteiger partial charge in [0, 0.05) is 70.6 Å². The molecular formula is C48H42FN15O7. The number of rotatable bonds is 9. The highest BCUT2D eigenvalue weighted by Gasteiger charge is 2.52. The summed E-state index contributed by atoms with van der Waals surface area (Å²) in [5.41, 5.74) is 1.95. The lowest BCUT2D eigenvalue weighted by molar-refractivity contribution is -0.135. The highest BCUT2D eigenvalue weighted by atomic mass is 19.1. The number of carbonyl (C=O) groups is 5. The maximum Gasteiger partial charge on any atom is 0.329 e. The van der Waals surface area contributed by atoms with Crippen molar-refractivity contribution in [3.05, 3.63) is 123 Å². The third-order valence-electron chi connectivity index (χ3n) is 13.5. The molecule has 11 rings (SSSR count). The lowest BCUT2D eigenvalue weighted by atomic mass is 9.85. The molecule has 0 radical (unpaired) electrons. The number of imide groups is 1. The molecule has 4 aliphatic rings. The summed E-state index contributed by atoms with van der Waals surface area (Å²) < 4.78 is 19.0. The number of amides is 5. The summed E-state index contributed by atoms with van der Waals surface area (Å²) >= 11 is 0. The third-order valence-corrected chi connectivity index (χ3v) is 13.5. The second-order valence-electron chi connectivity index (χ2n) is 17.9. The molecule has 358 valence electrons. The van der Waals surface area contributed by atoms with E-state index in [0.29, 0.717) is 59.5 Å². The number of anilines is 4. The molecule has 23 heteroatoms. The van der Waals surface area contributed by atoms with Gasteiger partial charge in [0.25, 0.3) is 17.4 Å². The molecule has 1 spiro atoms.